The smallest absolute Gasteiger partial charge is 0.0950 e. The second-order valence-corrected chi connectivity index (χ2v) is 17.6. The summed E-state index contributed by atoms with van der Waals surface area (Å²) in [7, 11) is 0. The third kappa shape index (κ3) is 41.3. The van der Waals surface area contributed by atoms with Crippen LogP contribution in [-0.2, 0) is 0 Å². The molecule has 60 heavy (non-hydrogen) atoms. The number of hydrogen-bond donors (Lipinski definition) is 0. The van der Waals surface area contributed by atoms with Crippen LogP contribution < -0.4 is 0 Å². The van der Waals surface area contributed by atoms with Gasteiger partial charge in [0.1, 0.15) is 0 Å². The molecule has 0 aliphatic heterocycles. The van der Waals surface area contributed by atoms with E-state index in [1.54, 1.807) is 45.3 Å². The lowest BCUT2D eigenvalue weighted by molar-refractivity contribution is 0.833. The maximum Gasteiger partial charge on any atom is 0.0950 e. The van der Waals surface area contributed by atoms with E-state index in [4.69, 9.17) is 0 Å². The average Bonchev–Trinajstić information content (AvgIpc) is 4.14. The molecule has 0 amide bonds. The Morgan fingerprint density at radius 2 is 1.00 bits per heavy atom. The van der Waals surface area contributed by atoms with Crippen molar-refractivity contribution in [2.24, 2.45) is 0 Å². The third-order valence-corrected chi connectivity index (χ3v) is 11.6. The van der Waals surface area contributed by atoms with Gasteiger partial charge in [0.05, 0.1) is 27.4 Å². The van der Waals surface area contributed by atoms with E-state index in [0.29, 0.717) is 35.5 Å². The maximum atomic E-state index is 4.16. The van der Waals surface area contributed by atoms with Crippen molar-refractivity contribution < 1.29 is 0 Å². The largest absolute Gasteiger partial charge is 0.253 e. The number of thiophene rings is 2. The van der Waals surface area contributed by atoms with Crippen LogP contribution in [0.15, 0.2) is 80.0 Å². The van der Waals surface area contributed by atoms with E-state index >= 15 is 0 Å². The highest BCUT2D eigenvalue weighted by Gasteiger charge is 2.00. The van der Waals surface area contributed by atoms with Gasteiger partial charge in [-0.25, -0.2) is 9.97 Å². The van der Waals surface area contributed by atoms with Crippen LogP contribution in [0.1, 0.15) is 233 Å². The topological polar surface area (TPSA) is 51.6 Å². The molecule has 0 atom stereocenters. The van der Waals surface area contributed by atoms with Gasteiger partial charge in [0, 0.05) is 44.2 Å². The van der Waals surface area contributed by atoms with Crippen LogP contribution in [0.5, 0.6) is 0 Å². The minimum Gasteiger partial charge on any atom is -0.253 e. The summed E-state index contributed by atoms with van der Waals surface area (Å²) in [5, 5.41) is 13.8. The molecule has 0 fully saturated rings. The van der Waals surface area contributed by atoms with Gasteiger partial charge in [-0.05, 0) is 81.0 Å². The van der Waals surface area contributed by atoms with Crippen molar-refractivity contribution in [2.75, 3.05) is 0 Å². The van der Waals surface area contributed by atoms with Crippen molar-refractivity contribution in [3.8, 4) is 0 Å². The highest BCUT2D eigenvalue weighted by molar-refractivity contribution is 7.10. The number of aromatic nitrogens is 4. The first-order valence-electron chi connectivity index (χ1n) is 22.4. The molecule has 6 aromatic heterocycles. The monoisotopic (exact) mass is 941 g/mol. The molecule has 4 nitrogen and oxygen atoms in total. The van der Waals surface area contributed by atoms with Gasteiger partial charge in [-0.2, -0.15) is 15.7 Å². The van der Waals surface area contributed by atoms with E-state index in [9.17, 15) is 0 Å². The van der Waals surface area contributed by atoms with Gasteiger partial charge >= 0.3 is 0 Å². The Labute approximate surface area is 398 Å². The molecule has 0 aromatic carbocycles. The lowest BCUT2D eigenvalue weighted by Crippen LogP contribution is -1.83. The predicted molar refractivity (Wildman–Crippen MR) is 290 cm³/mol. The highest BCUT2D eigenvalue weighted by atomic mass is 32.1. The first-order valence-corrected chi connectivity index (χ1v) is 27.8. The maximum absolute atomic E-state index is 4.16. The van der Waals surface area contributed by atoms with Crippen molar-refractivity contribution in [1.82, 2.24) is 19.3 Å². The number of nitrogens with zero attached hydrogens (tertiary/aromatic N) is 4. The molecule has 6 heterocycles. The third-order valence-electron chi connectivity index (χ3n) is 6.38. The SMILES string of the molecule is CC.CC.CC.CC.CC.CC.CC(C)c1cccs1.CC(C)c1ccsc1.CC(C)c1ccsn1.CC(C)c1cncs1.CC(C)c1cscn1.CC(C)c1nccs1. The van der Waals surface area contributed by atoms with Crippen LogP contribution in [0.4, 0.5) is 0 Å². The zero-order valence-electron chi connectivity index (χ0n) is 42.8. The summed E-state index contributed by atoms with van der Waals surface area (Å²) >= 11 is 10.2. The van der Waals surface area contributed by atoms with E-state index in [1.807, 2.05) is 129 Å². The van der Waals surface area contributed by atoms with Gasteiger partial charge in [-0.15, -0.1) is 45.3 Å². The lowest BCUT2D eigenvalue weighted by atomic mass is 10.1. The second-order valence-electron chi connectivity index (χ2n) is 12.6. The Morgan fingerprint density at radius 3 is 1.20 bits per heavy atom. The van der Waals surface area contributed by atoms with Gasteiger partial charge in [0.2, 0.25) is 0 Å². The van der Waals surface area contributed by atoms with Crippen molar-refractivity contribution in [1.29, 1.82) is 0 Å². The number of rotatable bonds is 6. The normalized spacial score (nSPS) is 8.90. The van der Waals surface area contributed by atoms with Gasteiger partial charge in [-0.1, -0.05) is 172 Å². The molecule has 0 aliphatic rings. The molecule has 0 saturated heterocycles. The van der Waals surface area contributed by atoms with Crippen LogP contribution in [0.3, 0.4) is 0 Å². The molecular formula is C50H92N4S6. The quantitative estimate of drug-likeness (QED) is 0.167. The highest BCUT2D eigenvalue weighted by Crippen LogP contribution is 2.20. The van der Waals surface area contributed by atoms with E-state index in [-0.39, 0.29) is 0 Å². The van der Waals surface area contributed by atoms with Crippen LogP contribution in [0, 0.1) is 0 Å². The summed E-state index contributed by atoms with van der Waals surface area (Å²) in [5.41, 5.74) is 7.60. The molecule has 0 radical (unpaired) electrons. The van der Waals surface area contributed by atoms with Gasteiger partial charge in [0.25, 0.3) is 0 Å². The molecule has 10 heteroatoms. The molecular weight excluding hydrogens is 849 g/mol. The summed E-state index contributed by atoms with van der Waals surface area (Å²) < 4.78 is 4.16. The van der Waals surface area contributed by atoms with Gasteiger partial charge in [0.15, 0.2) is 0 Å². The van der Waals surface area contributed by atoms with Crippen molar-refractivity contribution in [3.05, 3.63) is 112 Å². The fourth-order valence-corrected chi connectivity index (χ4v) is 7.51. The van der Waals surface area contributed by atoms with Crippen molar-refractivity contribution in [3.63, 3.8) is 0 Å². The van der Waals surface area contributed by atoms with Crippen LogP contribution >= 0.6 is 68.2 Å². The molecule has 0 N–H and O–H groups in total. The van der Waals surface area contributed by atoms with E-state index in [1.165, 1.54) is 43.2 Å². The molecule has 0 saturated carbocycles. The van der Waals surface area contributed by atoms with Crippen LogP contribution in [0.25, 0.3) is 0 Å². The molecule has 348 valence electrons. The van der Waals surface area contributed by atoms with Crippen molar-refractivity contribution in [2.45, 2.75) is 202 Å². The minimum absolute atomic E-state index is 0.584. The molecule has 0 unspecified atom stereocenters. The first kappa shape index (κ1) is 69.6. The van der Waals surface area contributed by atoms with Crippen molar-refractivity contribution >= 4 is 68.2 Å². The zero-order valence-corrected chi connectivity index (χ0v) is 47.7. The Bertz CT molecular complexity index is 1160. The fourth-order valence-electron chi connectivity index (χ4n) is 3.28. The average molecular weight is 942 g/mol. The lowest BCUT2D eigenvalue weighted by Gasteiger charge is -1.96. The summed E-state index contributed by atoms with van der Waals surface area (Å²) in [6, 6.07) is 8.51. The van der Waals surface area contributed by atoms with Gasteiger partial charge < -0.3 is 0 Å². The number of thiazole rings is 3. The standard InChI is InChI=1S/2C7H10S.4C6H9NS.6C2H6/c1-6(2)7-3-4-8-5-7;1-6(2)7-4-3-5-8-7;1-5(2)6-3-8-4-7-6;1-5(2)6-3-7-4-8-6;1-5(2)6-7-3-4-8-6;1-5(2)6-3-4-8-7-6;6*1-2/h2*3-6H,1-2H3;4*3-5H,1-2H3;6*1-2H3. The molecule has 0 spiro atoms. The molecule has 0 bridgehead atoms. The van der Waals surface area contributed by atoms with Gasteiger partial charge in [-0.3, -0.25) is 4.98 Å². The van der Waals surface area contributed by atoms with Crippen LogP contribution in [0.2, 0.25) is 0 Å². The minimum atomic E-state index is 0.584. The molecule has 6 rings (SSSR count). The summed E-state index contributed by atoms with van der Waals surface area (Å²) in [6.45, 7) is 50.1. The molecule has 6 aromatic rings. The Morgan fingerprint density at radius 1 is 0.433 bits per heavy atom. The second kappa shape index (κ2) is 53.1. The first-order chi connectivity index (χ1) is 28.8. The Hall–Kier alpha value is -2.08. The predicted octanol–water partition coefficient (Wildman–Crippen LogP) is 21.0. The Balaban J connectivity index is -0.000000139. The fraction of sp³-hybridized carbons (Fsp3) is 0.600. The summed E-state index contributed by atoms with van der Waals surface area (Å²) in [5.74, 6) is 3.80. The van der Waals surface area contributed by atoms with E-state index < -0.39 is 0 Å². The number of hydrogen-bond acceptors (Lipinski definition) is 10. The van der Waals surface area contributed by atoms with Crippen LogP contribution in [-0.4, -0.2) is 19.3 Å². The zero-order chi connectivity index (χ0) is 47.9. The Kier molecular flexibility index (Phi) is 61.6. The summed E-state index contributed by atoms with van der Waals surface area (Å²) in [6.07, 6.45) is 3.77. The van der Waals surface area contributed by atoms with E-state index in [2.05, 4.69) is 148 Å². The molecule has 0 aliphatic carbocycles. The summed E-state index contributed by atoms with van der Waals surface area (Å²) in [4.78, 5) is 15.1. The van der Waals surface area contributed by atoms with E-state index in [0.717, 1.165) is 0 Å².